The number of carbonyl (C=O) groups excluding carboxylic acids is 3. The molecule has 31 heavy (non-hydrogen) atoms. The van der Waals surface area contributed by atoms with E-state index in [1.807, 2.05) is 36.6 Å². The van der Waals surface area contributed by atoms with E-state index < -0.39 is 11.9 Å². The van der Waals surface area contributed by atoms with Crippen molar-refractivity contribution in [1.82, 2.24) is 4.98 Å². The number of aromatic nitrogens is 1. The van der Waals surface area contributed by atoms with Gasteiger partial charge in [-0.2, -0.15) is 0 Å². The van der Waals surface area contributed by atoms with Crippen molar-refractivity contribution in [2.45, 2.75) is 25.1 Å². The van der Waals surface area contributed by atoms with Crippen LogP contribution < -0.4 is 11.1 Å². The largest absolute Gasteiger partial charge is 0.462 e. The standard InChI is InChI=1S/C21H21N3O4S3/c1-4-28-20(27)16-12(3)17(18(22)26)31-19(16)24-15(25)10-30-21-23-14(9-29-21)13-7-5-11(2)6-8-13/h5-9H,4,10H2,1-3H3,(H2,22,26)(H,24,25). The molecule has 1 aromatic carbocycles. The highest BCUT2D eigenvalue weighted by molar-refractivity contribution is 8.01. The molecular formula is C21H21N3O4S3. The minimum absolute atomic E-state index is 0.103. The Morgan fingerprint density at radius 1 is 1.19 bits per heavy atom. The molecule has 0 aliphatic rings. The number of rotatable bonds is 8. The molecule has 0 saturated heterocycles. The van der Waals surface area contributed by atoms with Crippen LogP contribution in [0.4, 0.5) is 5.00 Å². The number of nitrogens with two attached hydrogens (primary N) is 1. The van der Waals surface area contributed by atoms with Gasteiger partial charge in [-0.1, -0.05) is 41.6 Å². The Kier molecular flexibility index (Phi) is 7.47. The van der Waals surface area contributed by atoms with Crippen LogP contribution in [0.2, 0.25) is 0 Å². The molecule has 162 valence electrons. The van der Waals surface area contributed by atoms with Gasteiger partial charge in [0.25, 0.3) is 5.91 Å². The third kappa shape index (κ3) is 5.52. The second kappa shape index (κ2) is 10.1. The Balaban J connectivity index is 1.68. The summed E-state index contributed by atoms with van der Waals surface area (Å²) < 4.78 is 5.82. The molecule has 2 aromatic heterocycles. The lowest BCUT2D eigenvalue weighted by atomic mass is 10.1. The zero-order valence-electron chi connectivity index (χ0n) is 17.2. The number of hydrogen-bond donors (Lipinski definition) is 2. The molecule has 2 heterocycles. The summed E-state index contributed by atoms with van der Waals surface area (Å²) >= 11 is 3.73. The number of esters is 1. The first-order chi connectivity index (χ1) is 14.8. The predicted molar refractivity (Wildman–Crippen MR) is 125 cm³/mol. The molecule has 0 radical (unpaired) electrons. The molecule has 0 spiro atoms. The van der Waals surface area contributed by atoms with Crippen LogP contribution in [-0.2, 0) is 9.53 Å². The van der Waals surface area contributed by atoms with Crippen molar-refractivity contribution < 1.29 is 19.1 Å². The number of benzene rings is 1. The van der Waals surface area contributed by atoms with E-state index in [0.29, 0.717) is 5.56 Å². The fourth-order valence-electron chi connectivity index (χ4n) is 2.76. The van der Waals surface area contributed by atoms with E-state index in [1.54, 1.807) is 13.8 Å². The molecule has 3 rings (SSSR count). The predicted octanol–water partition coefficient (Wildman–Crippen LogP) is 4.49. The number of nitrogens with zero attached hydrogens (tertiary/aromatic N) is 1. The summed E-state index contributed by atoms with van der Waals surface area (Å²) in [6.45, 7) is 5.49. The minimum Gasteiger partial charge on any atom is -0.462 e. The monoisotopic (exact) mass is 475 g/mol. The minimum atomic E-state index is -0.658. The highest BCUT2D eigenvalue weighted by atomic mass is 32.2. The Labute approximate surface area is 192 Å². The third-order valence-electron chi connectivity index (χ3n) is 4.26. The number of thiophene rings is 1. The average molecular weight is 476 g/mol. The summed E-state index contributed by atoms with van der Waals surface area (Å²) in [6, 6.07) is 8.08. The molecule has 0 aliphatic heterocycles. The second-order valence-electron chi connectivity index (χ2n) is 6.55. The fourth-order valence-corrected chi connectivity index (χ4v) is 5.45. The van der Waals surface area contributed by atoms with Gasteiger partial charge in [0.1, 0.15) is 5.00 Å². The van der Waals surface area contributed by atoms with Crippen molar-refractivity contribution in [1.29, 1.82) is 0 Å². The van der Waals surface area contributed by atoms with Crippen molar-refractivity contribution in [2.75, 3.05) is 17.7 Å². The van der Waals surface area contributed by atoms with Crippen molar-refractivity contribution in [3.63, 3.8) is 0 Å². The van der Waals surface area contributed by atoms with E-state index in [1.165, 1.54) is 28.7 Å². The van der Waals surface area contributed by atoms with E-state index in [2.05, 4.69) is 10.3 Å². The molecule has 0 atom stereocenters. The maximum atomic E-state index is 12.5. The van der Waals surface area contributed by atoms with Gasteiger partial charge in [-0.25, -0.2) is 9.78 Å². The number of amides is 2. The Morgan fingerprint density at radius 2 is 1.90 bits per heavy atom. The van der Waals surface area contributed by atoms with E-state index in [-0.39, 0.29) is 33.7 Å². The van der Waals surface area contributed by atoms with E-state index in [4.69, 9.17) is 10.5 Å². The molecule has 3 aromatic rings. The summed E-state index contributed by atoms with van der Waals surface area (Å²) in [7, 11) is 0. The zero-order valence-corrected chi connectivity index (χ0v) is 19.6. The number of thiazole rings is 1. The Bertz CT molecular complexity index is 1120. The van der Waals surface area contributed by atoms with Gasteiger partial charge in [0.2, 0.25) is 5.91 Å². The summed E-state index contributed by atoms with van der Waals surface area (Å²) in [4.78, 5) is 41.3. The van der Waals surface area contributed by atoms with Crippen molar-refractivity contribution in [3.05, 3.63) is 51.2 Å². The lowest BCUT2D eigenvalue weighted by Crippen LogP contribution is -2.16. The van der Waals surface area contributed by atoms with Gasteiger partial charge in [0.05, 0.1) is 28.5 Å². The molecule has 0 aliphatic carbocycles. The summed E-state index contributed by atoms with van der Waals surface area (Å²) in [5, 5.41) is 4.92. The van der Waals surface area contributed by atoms with Crippen LogP contribution in [0.5, 0.6) is 0 Å². The van der Waals surface area contributed by atoms with Crippen LogP contribution in [0, 0.1) is 13.8 Å². The number of thioether (sulfide) groups is 1. The van der Waals surface area contributed by atoms with Gasteiger partial charge in [-0.05, 0) is 26.3 Å². The highest BCUT2D eigenvalue weighted by Gasteiger charge is 2.25. The molecule has 0 unspecified atom stereocenters. The summed E-state index contributed by atoms with van der Waals surface area (Å²) in [5.41, 5.74) is 9.01. The first-order valence-corrected chi connectivity index (χ1v) is 12.0. The van der Waals surface area contributed by atoms with Gasteiger partial charge in [0, 0.05) is 10.9 Å². The quantitative estimate of drug-likeness (QED) is 0.367. The third-order valence-corrected chi connectivity index (χ3v) is 7.50. The molecule has 0 fully saturated rings. The van der Waals surface area contributed by atoms with Crippen molar-refractivity contribution in [2.24, 2.45) is 5.73 Å². The molecular weight excluding hydrogens is 454 g/mol. The van der Waals surface area contributed by atoms with Gasteiger partial charge in [-0.15, -0.1) is 22.7 Å². The number of carbonyl (C=O) groups is 3. The Hall–Kier alpha value is -2.69. The number of ether oxygens (including phenoxy) is 1. The summed E-state index contributed by atoms with van der Waals surface area (Å²) in [5.74, 6) is -1.48. The van der Waals surface area contributed by atoms with Crippen LogP contribution in [0.3, 0.4) is 0 Å². The second-order valence-corrected chi connectivity index (χ2v) is 9.65. The molecule has 10 heteroatoms. The zero-order chi connectivity index (χ0) is 22.5. The van der Waals surface area contributed by atoms with Crippen LogP contribution in [0.15, 0.2) is 34.0 Å². The number of anilines is 1. The van der Waals surface area contributed by atoms with Gasteiger partial charge in [-0.3, -0.25) is 9.59 Å². The normalized spacial score (nSPS) is 10.7. The molecule has 3 N–H and O–H groups in total. The van der Waals surface area contributed by atoms with Crippen molar-refractivity contribution in [3.8, 4) is 11.3 Å². The number of aryl methyl sites for hydroxylation is 1. The first-order valence-electron chi connectivity index (χ1n) is 9.35. The fraction of sp³-hybridized carbons (Fsp3) is 0.238. The Morgan fingerprint density at radius 3 is 2.55 bits per heavy atom. The van der Waals surface area contributed by atoms with Crippen LogP contribution in [0.1, 0.15) is 38.1 Å². The SMILES string of the molecule is CCOC(=O)c1c(NC(=O)CSc2nc(-c3ccc(C)cc3)cs2)sc(C(N)=O)c1C. The van der Waals surface area contributed by atoms with E-state index in [0.717, 1.165) is 26.9 Å². The molecule has 0 bridgehead atoms. The van der Waals surface area contributed by atoms with Crippen LogP contribution in [0.25, 0.3) is 11.3 Å². The molecule has 2 amide bonds. The topological polar surface area (TPSA) is 111 Å². The lowest BCUT2D eigenvalue weighted by Gasteiger charge is -2.06. The van der Waals surface area contributed by atoms with E-state index >= 15 is 0 Å². The smallest absolute Gasteiger partial charge is 0.341 e. The highest BCUT2D eigenvalue weighted by Crippen LogP contribution is 2.34. The number of nitrogens with one attached hydrogen (secondary N) is 1. The first kappa shape index (κ1) is 23.0. The number of hydrogen-bond acceptors (Lipinski definition) is 8. The molecule has 0 saturated carbocycles. The maximum absolute atomic E-state index is 12.5. The van der Waals surface area contributed by atoms with Gasteiger partial charge < -0.3 is 15.8 Å². The maximum Gasteiger partial charge on any atom is 0.341 e. The van der Waals surface area contributed by atoms with Crippen LogP contribution in [-0.4, -0.2) is 35.1 Å². The number of primary amides is 1. The lowest BCUT2D eigenvalue weighted by molar-refractivity contribution is -0.113. The van der Waals surface area contributed by atoms with E-state index in [9.17, 15) is 14.4 Å². The van der Waals surface area contributed by atoms with Gasteiger partial charge >= 0.3 is 5.97 Å². The summed E-state index contributed by atoms with van der Waals surface area (Å²) in [6.07, 6.45) is 0. The molecule has 7 nitrogen and oxygen atoms in total. The average Bonchev–Trinajstić information content (AvgIpc) is 3.32. The van der Waals surface area contributed by atoms with Crippen LogP contribution >= 0.6 is 34.4 Å². The van der Waals surface area contributed by atoms with Gasteiger partial charge in [0.15, 0.2) is 4.34 Å². The van der Waals surface area contributed by atoms with Crippen molar-refractivity contribution >= 4 is 57.2 Å².